The van der Waals surface area contributed by atoms with Crippen molar-refractivity contribution in [3.05, 3.63) is 0 Å². The van der Waals surface area contributed by atoms with E-state index in [9.17, 15) is 9.59 Å². The van der Waals surface area contributed by atoms with Crippen molar-refractivity contribution >= 4 is 11.9 Å². The smallest absolute Gasteiger partial charge is 0.305 e. The Labute approximate surface area is 106 Å². The van der Waals surface area contributed by atoms with Crippen LogP contribution in [0.5, 0.6) is 0 Å². The number of amides is 1. The molecule has 0 aliphatic carbocycles. The average Bonchev–Trinajstić information content (AvgIpc) is 2.74. The minimum atomic E-state index is -0.888. The first kappa shape index (κ1) is 13.3. The van der Waals surface area contributed by atoms with Gasteiger partial charge in [0, 0.05) is 13.1 Å². The second-order valence-corrected chi connectivity index (χ2v) is 5.10. The SMILES string of the molecule is CC1CNCC1C(=O)N1CCOCC1CC(=O)O. The summed E-state index contributed by atoms with van der Waals surface area (Å²) in [5, 5.41) is 12.1. The van der Waals surface area contributed by atoms with Gasteiger partial charge in [0.15, 0.2) is 0 Å². The zero-order valence-electron chi connectivity index (χ0n) is 10.6. The maximum Gasteiger partial charge on any atom is 0.305 e. The van der Waals surface area contributed by atoms with Crippen molar-refractivity contribution < 1.29 is 19.4 Å². The molecule has 0 radical (unpaired) electrons. The van der Waals surface area contributed by atoms with Gasteiger partial charge in [0.25, 0.3) is 0 Å². The number of morpholine rings is 1. The fourth-order valence-corrected chi connectivity index (χ4v) is 2.67. The van der Waals surface area contributed by atoms with Crippen molar-refractivity contribution in [2.24, 2.45) is 11.8 Å². The second kappa shape index (κ2) is 5.67. The van der Waals surface area contributed by atoms with Crippen LogP contribution in [0.4, 0.5) is 0 Å². The summed E-state index contributed by atoms with van der Waals surface area (Å²) in [5.74, 6) is -0.534. The molecule has 2 N–H and O–H groups in total. The van der Waals surface area contributed by atoms with Crippen molar-refractivity contribution in [3.63, 3.8) is 0 Å². The molecule has 1 amide bonds. The van der Waals surface area contributed by atoms with Crippen molar-refractivity contribution in [3.8, 4) is 0 Å². The van der Waals surface area contributed by atoms with E-state index < -0.39 is 5.97 Å². The van der Waals surface area contributed by atoms with E-state index in [2.05, 4.69) is 12.2 Å². The van der Waals surface area contributed by atoms with Crippen LogP contribution in [-0.4, -0.2) is 60.8 Å². The van der Waals surface area contributed by atoms with Gasteiger partial charge < -0.3 is 20.1 Å². The van der Waals surface area contributed by atoms with E-state index in [1.165, 1.54) is 0 Å². The number of carboxylic acid groups (broad SMARTS) is 1. The maximum absolute atomic E-state index is 12.4. The molecule has 0 spiro atoms. The molecule has 0 aromatic carbocycles. The average molecular weight is 256 g/mol. The summed E-state index contributed by atoms with van der Waals surface area (Å²) in [6, 6.07) is -0.323. The van der Waals surface area contributed by atoms with Crippen LogP contribution in [0.25, 0.3) is 0 Å². The summed E-state index contributed by atoms with van der Waals surface area (Å²) < 4.78 is 5.28. The van der Waals surface area contributed by atoms with Crippen LogP contribution in [-0.2, 0) is 14.3 Å². The van der Waals surface area contributed by atoms with Gasteiger partial charge in [-0.2, -0.15) is 0 Å². The molecule has 2 saturated heterocycles. The van der Waals surface area contributed by atoms with Gasteiger partial charge in [-0.1, -0.05) is 6.92 Å². The number of ether oxygens (including phenoxy) is 1. The number of rotatable bonds is 3. The van der Waals surface area contributed by atoms with E-state index in [4.69, 9.17) is 9.84 Å². The Hall–Kier alpha value is -1.14. The number of carboxylic acids is 1. The lowest BCUT2D eigenvalue weighted by atomic mass is 9.95. The number of nitrogens with one attached hydrogen (secondary N) is 1. The van der Waals surface area contributed by atoms with E-state index in [1.807, 2.05) is 0 Å². The maximum atomic E-state index is 12.4. The zero-order chi connectivity index (χ0) is 13.1. The molecule has 0 bridgehead atoms. The molecule has 18 heavy (non-hydrogen) atoms. The summed E-state index contributed by atoms with van der Waals surface area (Å²) in [7, 11) is 0. The monoisotopic (exact) mass is 256 g/mol. The highest BCUT2D eigenvalue weighted by Crippen LogP contribution is 2.22. The normalized spacial score (nSPS) is 32.5. The third-order valence-corrected chi connectivity index (χ3v) is 3.76. The van der Waals surface area contributed by atoms with Crippen LogP contribution in [0, 0.1) is 11.8 Å². The first-order valence-corrected chi connectivity index (χ1v) is 6.40. The molecule has 2 aliphatic heterocycles. The lowest BCUT2D eigenvalue weighted by Gasteiger charge is -2.37. The molecular weight excluding hydrogens is 236 g/mol. The van der Waals surface area contributed by atoms with Gasteiger partial charge in [0.05, 0.1) is 31.6 Å². The standard InChI is InChI=1S/C12H20N2O4/c1-8-5-13-6-10(8)12(17)14-2-3-18-7-9(14)4-11(15)16/h8-10,13H,2-7H2,1H3,(H,15,16). The number of carbonyl (C=O) groups excluding carboxylic acids is 1. The van der Waals surface area contributed by atoms with Crippen LogP contribution in [0.2, 0.25) is 0 Å². The van der Waals surface area contributed by atoms with Gasteiger partial charge in [-0.25, -0.2) is 0 Å². The van der Waals surface area contributed by atoms with E-state index in [1.54, 1.807) is 4.90 Å². The van der Waals surface area contributed by atoms with E-state index >= 15 is 0 Å². The third-order valence-electron chi connectivity index (χ3n) is 3.76. The largest absolute Gasteiger partial charge is 0.481 e. The molecule has 0 aromatic heterocycles. The van der Waals surface area contributed by atoms with Gasteiger partial charge in [-0.05, 0) is 12.5 Å². The molecule has 2 rings (SSSR count). The third kappa shape index (κ3) is 2.81. The molecular formula is C12H20N2O4. The number of carbonyl (C=O) groups is 2. The highest BCUT2D eigenvalue weighted by molar-refractivity contribution is 5.81. The van der Waals surface area contributed by atoms with Gasteiger partial charge in [-0.3, -0.25) is 9.59 Å². The zero-order valence-corrected chi connectivity index (χ0v) is 10.6. The summed E-state index contributed by atoms with van der Waals surface area (Å²) in [4.78, 5) is 25.0. The minimum absolute atomic E-state index is 0.0283. The molecule has 0 saturated carbocycles. The lowest BCUT2D eigenvalue weighted by Crippen LogP contribution is -2.52. The lowest BCUT2D eigenvalue weighted by molar-refractivity contribution is -0.149. The van der Waals surface area contributed by atoms with E-state index in [-0.39, 0.29) is 24.3 Å². The number of hydrogen-bond donors (Lipinski definition) is 2. The molecule has 6 heteroatoms. The second-order valence-electron chi connectivity index (χ2n) is 5.10. The van der Waals surface area contributed by atoms with Gasteiger partial charge >= 0.3 is 5.97 Å². The van der Waals surface area contributed by atoms with Crippen molar-refractivity contribution in [1.82, 2.24) is 10.2 Å². The number of hydrogen-bond acceptors (Lipinski definition) is 4. The Kier molecular flexibility index (Phi) is 4.19. The van der Waals surface area contributed by atoms with Crippen LogP contribution < -0.4 is 5.32 Å². The first-order chi connectivity index (χ1) is 8.59. The highest BCUT2D eigenvalue weighted by Gasteiger charge is 2.37. The van der Waals surface area contributed by atoms with Crippen LogP contribution in [0.3, 0.4) is 0 Å². The van der Waals surface area contributed by atoms with Crippen LogP contribution in [0.15, 0.2) is 0 Å². The molecule has 2 aliphatic rings. The molecule has 102 valence electrons. The highest BCUT2D eigenvalue weighted by atomic mass is 16.5. The number of aliphatic carboxylic acids is 1. The van der Waals surface area contributed by atoms with E-state index in [0.29, 0.717) is 32.2 Å². The molecule has 3 atom stereocenters. The predicted octanol–water partition coefficient (Wildman–Crippen LogP) is -0.456. The fraction of sp³-hybridized carbons (Fsp3) is 0.833. The minimum Gasteiger partial charge on any atom is -0.481 e. The quantitative estimate of drug-likeness (QED) is 0.714. The molecule has 2 fully saturated rings. The Morgan fingerprint density at radius 1 is 1.44 bits per heavy atom. The summed E-state index contributed by atoms with van der Waals surface area (Å²) in [5.41, 5.74) is 0. The topological polar surface area (TPSA) is 78.9 Å². The summed E-state index contributed by atoms with van der Waals surface area (Å²) in [6.07, 6.45) is -0.0414. The molecule has 3 unspecified atom stereocenters. The fourth-order valence-electron chi connectivity index (χ4n) is 2.67. The molecule has 6 nitrogen and oxygen atoms in total. The van der Waals surface area contributed by atoms with Crippen molar-refractivity contribution in [1.29, 1.82) is 0 Å². The summed E-state index contributed by atoms with van der Waals surface area (Å²) in [6.45, 7) is 4.92. The Morgan fingerprint density at radius 2 is 2.22 bits per heavy atom. The Bertz CT molecular complexity index is 334. The van der Waals surface area contributed by atoms with Gasteiger partial charge in [-0.15, -0.1) is 0 Å². The van der Waals surface area contributed by atoms with E-state index in [0.717, 1.165) is 6.54 Å². The summed E-state index contributed by atoms with van der Waals surface area (Å²) >= 11 is 0. The predicted molar refractivity (Wildman–Crippen MR) is 64.1 cm³/mol. The van der Waals surface area contributed by atoms with Crippen molar-refractivity contribution in [2.45, 2.75) is 19.4 Å². The Morgan fingerprint density at radius 3 is 2.83 bits per heavy atom. The molecule has 2 heterocycles. The number of nitrogens with zero attached hydrogens (tertiary/aromatic N) is 1. The first-order valence-electron chi connectivity index (χ1n) is 6.40. The van der Waals surface area contributed by atoms with Crippen LogP contribution >= 0.6 is 0 Å². The Balaban J connectivity index is 2.03. The van der Waals surface area contributed by atoms with Gasteiger partial charge in [0.1, 0.15) is 0 Å². The molecule has 0 aromatic rings. The van der Waals surface area contributed by atoms with Crippen LogP contribution in [0.1, 0.15) is 13.3 Å². The van der Waals surface area contributed by atoms with Crippen molar-refractivity contribution in [2.75, 3.05) is 32.8 Å². The van der Waals surface area contributed by atoms with Gasteiger partial charge in [0.2, 0.25) is 5.91 Å².